The molecule has 0 bridgehead atoms. The van der Waals surface area contributed by atoms with E-state index < -0.39 is 0 Å². The Kier molecular flexibility index (Phi) is 12.7. The van der Waals surface area contributed by atoms with E-state index >= 15 is 0 Å². The molecule has 10 nitrogen and oxygen atoms in total. The highest BCUT2D eigenvalue weighted by molar-refractivity contribution is 7.05. The van der Waals surface area contributed by atoms with Gasteiger partial charge in [0.05, 0.1) is 34.1 Å². The topological polar surface area (TPSA) is 50.4 Å². The van der Waals surface area contributed by atoms with Gasteiger partial charge in [0.25, 0.3) is 20.1 Å². The first kappa shape index (κ1) is 60.0. The van der Waals surface area contributed by atoms with Crippen LogP contribution in [0.3, 0.4) is 0 Å². The lowest BCUT2D eigenvalue weighted by Crippen LogP contribution is -2.69. The Morgan fingerprint density at radius 2 is 0.560 bits per heavy atom. The molecule has 0 spiro atoms. The highest BCUT2D eigenvalue weighted by Crippen LogP contribution is 2.64. The van der Waals surface area contributed by atoms with Crippen molar-refractivity contribution in [2.75, 3.05) is 34.3 Å². The van der Waals surface area contributed by atoms with Gasteiger partial charge in [-0.15, -0.1) is 0 Å². The molecule has 16 aromatic carbocycles. The summed E-state index contributed by atoms with van der Waals surface area (Å²) in [5, 5.41) is 0. The third-order valence-corrected chi connectivity index (χ3v) is 23.3. The maximum atomic E-state index is 7.99. The van der Waals surface area contributed by atoms with Gasteiger partial charge in [0.15, 0.2) is 11.5 Å². The Hall–Kier alpha value is -14.3. The van der Waals surface area contributed by atoms with Gasteiger partial charge in [-0.2, -0.15) is 0 Å². The molecule has 8 heterocycles. The van der Waals surface area contributed by atoms with Gasteiger partial charge in [-0.05, 0) is 189 Å². The number of nitrogens with zero attached hydrogens (tertiary/aromatic N) is 7. The summed E-state index contributed by atoms with van der Waals surface area (Å²) in [5.41, 5.74) is 32.3. The van der Waals surface area contributed by atoms with E-state index in [9.17, 15) is 0 Å². The second-order valence-corrected chi connectivity index (χ2v) is 29.0. The molecule has 0 unspecified atom stereocenters. The minimum atomic E-state index is -0.283. The molecule has 506 valence electrons. The molecule has 0 fully saturated rings. The molecule has 24 rings (SSSR count). The molecule has 8 aliphatic rings. The standard InChI is InChI=1S/C96H60B3N7O3/c1-8-30-61(31-9-1)100(62-32-10-2-11-33-62)68-52-83-92-89(54-68)107-86-50-28-24-46-72(86)99(92)73-56-74-80(58-79(73)103(83)66-40-18-6-19-41-66)105-77-48-26-23-45-71(77)98-75-57-81-82(59-88(75)109-90-60-84-93(96(105)94(90)98)97(74)70-44-22-25-47-76(70)102(84)65-38-16-5-17-39-65)104(67-42-20-7-21-43-67)85-53-69(55-91-95(85)106(81)78-49-27-29-51-87(78)108-91)101(63-34-12-3-13-35-63)64-36-14-4-15-37-64/h1-60H. The van der Waals surface area contributed by atoms with Gasteiger partial charge >= 0.3 is 0 Å². The lowest BCUT2D eigenvalue weighted by molar-refractivity contribution is 0.476. The molecule has 13 heteroatoms. The maximum Gasteiger partial charge on any atom is 0.256 e. The molecule has 0 atom stereocenters. The fourth-order valence-electron chi connectivity index (χ4n) is 19.0. The van der Waals surface area contributed by atoms with Crippen LogP contribution in [-0.2, 0) is 0 Å². The van der Waals surface area contributed by atoms with Crippen molar-refractivity contribution in [2.45, 2.75) is 0 Å². The van der Waals surface area contributed by atoms with E-state index in [1.165, 1.54) is 27.3 Å². The number of benzene rings is 16. The van der Waals surface area contributed by atoms with Crippen LogP contribution < -0.4 is 97.7 Å². The van der Waals surface area contributed by atoms with Gasteiger partial charge in [-0.3, -0.25) is 4.90 Å². The van der Waals surface area contributed by atoms with Crippen LogP contribution in [-0.4, -0.2) is 20.1 Å². The van der Waals surface area contributed by atoms with E-state index in [1.807, 2.05) is 0 Å². The molecule has 0 saturated heterocycles. The van der Waals surface area contributed by atoms with Crippen LogP contribution >= 0.6 is 0 Å². The maximum absolute atomic E-state index is 7.99. The number of hydrogen-bond donors (Lipinski definition) is 0. The molecule has 8 aliphatic heterocycles. The Morgan fingerprint density at radius 1 is 0.183 bits per heavy atom. The van der Waals surface area contributed by atoms with E-state index in [1.54, 1.807) is 0 Å². The Labute approximate surface area is 631 Å². The molecular formula is C96H60B3N7O3. The largest absolute Gasteiger partial charge is 0.458 e. The molecular weight excluding hydrogens is 1330 g/mol. The van der Waals surface area contributed by atoms with E-state index in [2.05, 4.69) is 398 Å². The zero-order chi connectivity index (χ0) is 71.1. The van der Waals surface area contributed by atoms with Crippen LogP contribution in [0.15, 0.2) is 364 Å². The first-order valence-corrected chi connectivity index (χ1v) is 37.4. The van der Waals surface area contributed by atoms with Crippen molar-refractivity contribution in [1.82, 2.24) is 0 Å². The summed E-state index contributed by atoms with van der Waals surface area (Å²) < 4.78 is 22.6. The second kappa shape index (κ2) is 23.1. The molecule has 109 heavy (non-hydrogen) atoms. The number of fused-ring (bicyclic) bond motifs is 18. The fourth-order valence-corrected chi connectivity index (χ4v) is 19.0. The van der Waals surface area contributed by atoms with Crippen molar-refractivity contribution >= 4 is 189 Å². The summed E-state index contributed by atoms with van der Waals surface area (Å²) in [5.74, 6) is 4.80. The molecule has 0 aromatic heterocycles. The average Bonchev–Trinajstić information content (AvgIpc) is 0.671. The lowest BCUT2D eigenvalue weighted by Gasteiger charge is -2.50. The van der Waals surface area contributed by atoms with Gasteiger partial charge in [0.1, 0.15) is 28.7 Å². The highest BCUT2D eigenvalue weighted by atomic mass is 16.5. The zero-order valence-electron chi connectivity index (χ0n) is 58.7. The third kappa shape index (κ3) is 8.66. The Balaban J connectivity index is 0.763. The highest BCUT2D eigenvalue weighted by Gasteiger charge is 2.54. The van der Waals surface area contributed by atoms with Crippen LogP contribution in [0.5, 0.6) is 34.5 Å². The smallest absolute Gasteiger partial charge is 0.256 e. The molecule has 0 N–H and O–H groups in total. The van der Waals surface area contributed by atoms with E-state index in [0.29, 0.717) is 0 Å². The van der Waals surface area contributed by atoms with Crippen LogP contribution in [0.2, 0.25) is 0 Å². The third-order valence-electron chi connectivity index (χ3n) is 23.3. The molecule has 0 radical (unpaired) electrons. The Morgan fingerprint density at radius 3 is 1.14 bits per heavy atom. The van der Waals surface area contributed by atoms with E-state index in [4.69, 9.17) is 14.2 Å². The summed E-state index contributed by atoms with van der Waals surface area (Å²) in [6.07, 6.45) is 0. The molecule has 16 aromatic rings. The van der Waals surface area contributed by atoms with E-state index in [0.717, 1.165) is 176 Å². The predicted octanol–water partition coefficient (Wildman–Crippen LogP) is 19.4. The quantitative estimate of drug-likeness (QED) is 0.131. The van der Waals surface area contributed by atoms with Crippen LogP contribution in [0.1, 0.15) is 0 Å². The lowest BCUT2D eigenvalue weighted by atomic mass is 9.28. The first-order chi connectivity index (χ1) is 54.1. The number of rotatable bonds is 9. The molecule has 0 saturated carbocycles. The Bertz CT molecular complexity index is 6410. The van der Waals surface area contributed by atoms with Crippen molar-refractivity contribution in [3.8, 4) is 34.5 Å². The molecule has 0 aliphatic carbocycles. The zero-order valence-corrected chi connectivity index (χ0v) is 58.7. The van der Waals surface area contributed by atoms with Crippen LogP contribution in [0, 0.1) is 0 Å². The number of anilines is 21. The normalized spacial score (nSPS) is 13.8. The van der Waals surface area contributed by atoms with Crippen LogP contribution in [0.25, 0.3) is 0 Å². The van der Waals surface area contributed by atoms with Crippen LogP contribution in [0.4, 0.5) is 119 Å². The minimum Gasteiger partial charge on any atom is -0.458 e. The SMILES string of the molecule is c1ccc(N(c2ccccc2)c2cc3c4c(c2)N(c2ccccc2)c2cc5c(cc2B4c2ccccc2O3)B2c3ccccc3N(c3ccccc3)c3cc4c6c(c32)N5c2ccccc2B6c2cc3c(cc2O4)N(c2ccccc2)c2cc(N(c4ccccc4)c4ccccc4)cc4c2N3c2ccccc2O4)cc1. The number of ether oxygens (including phenoxy) is 3. The van der Waals surface area contributed by atoms with Gasteiger partial charge in [0, 0.05) is 104 Å². The van der Waals surface area contributed by atoms with Crippen molar-refractivity contribution < 1.29 is 14.2 Å². The number of hydrogen-bond acceptors (Lipinski definition) is 10. The van der Waals surface area contributed by atoms with Crippen molar-refractivity contribution in [3.05, 3.63) is 364 Å². The summed E-state index contributed by atoms with van der Waals surface area (Å²) in [4.78, 5) is 17.2. The van der Waals surface area contributed by atoms with Crippen molar-refractivity contribution in [2.24, 2.45) is 0 Å². The predicted molar refractivity (Wildman–Crippen MR) is 450 cm³/mol. The monoisotopic (exact) mass is 1390 g/mol. The first-order valence-electron chi connectivity index (χ1n) is 37.4. The number of para-hydroxylation sites is 12. The van der Waals surface area contributed by atoms with E-state index in [-0.39, 0.29) is 20.1 Å². The average molecular weight is 1390 g/mol. The van der Waals surface area contributed by atoms with Gasteiger partial charge < -0.3 is 43.6 Å². The summed E-state index contributed by atoms with van der Waals surface area (Å²) in [6, 6.07) is 132. The van der Waals surface area contributed by atoms with Crippen molar-refractivity contribution in [3.63, 3.8) is 0 Å². The van der Waals surface area contributed by atoms with Gasteiger partial charge in [-0.1, -0.05) is 200 Å². The minimum absolute atomic E-state index is 0.205. The second-order valence-electron chi connectivity index (χ2n) is 29.0. The summed E-state index contributed by atoms with van der Waals surface area (Å²) in [6.45, 7) is -0.713. The fraction of sp³-hybridized carbons (Fsp3) is 0. The van der Waals surface area contributed by atoms with Crippen molar-refractivity contribution in [1.29, 1.82) is 0 Å². The molecule has 0 amide bonds. The van der Waals surface area contributed by atoms with Gasteiger partial charge in [0.2, 0.25) is 0 Å². The summed E-state index contributed by atoms with van der Waals surface area (Å²) in [7, 11) is 0. The summed E-state index contributed by atoms with van der Waals surface area (Å²) >= 11 is 0. The van der Waals surface area contributed by atoms with Gasteiger partial charge in [-0.25, -0.2) is 0 Å².